The van der Waals surface area contributed by atoms with Crippen molar-refractivity contribution in [3.8, 4) is 0 Å². The van der Waals surface area contributed by atoms with E-state index in [1.807, 2.05) is 17.9 Å². The standard InChI is InChI=1S/C15H30N4/c1-6-8-16-15(13(3)7-2)12-18(4)10-14-9-17-19(5)11-14/h9,11,13,15-16H,6-8,10,12H2,1-5H3. The van der Waals surface area contributed by atoms with Gasteiger partial charge >= 0.3 is 0 Å². The Morgan fingerprint density at radius 2 is 2.16 bits per heavy atom. The van der Waals surface area contributed by atoms with E-state index >= 15 is 0 Å². The van der Waals surface area contributed by atoms with Crippen LogP contribution in [0.25, 0.3) is 0 Å². The summed E-state index contributed by atoms with van der Waals surface area (Å²) in [4.78, 5) is 2.39. The van der Waals surface area contributed by atoms with Crippen LogP contribution in [0.4, 0.5) is 0 Å². The molecule has 0 saturated carbocycles. The largest absolute Gasteiger partial charge is 0.312 e. The molecule has 1 heterocycles. The van der Waals surface area contributed by atoms with Crippen LogP contribution < -0.4 is 5.32 Å². The summed E-state index contributed by atoms with van der Waals surface area (Å²) in [6, 6.07) is 0.576. The zero-order valence-electron chi connectivity index (χ0n) is 13.2. The molecule has 4 heteroatoms. The molecule has 0 aromatic carbocycles. The van der Waals surface area contributed by atoms with Crippen LogP contribution in [-0.4, -0.2) is 40.9 Å². The van der Waals surface area contributed by atoms with Gasteiger partial charge in [0.2, 0.25) is 0 Å². The molecule has 0 radical (unpaired) electrons. The van der Waals surface area contributed by atoms with Gasteiger partial charge in [0, 0.05) is 37.9 Å². The maximum Gasteiger partial charge on any atom is 0.0534 e. The summed E-state index contributed by atoms with van der Waals surface area (Å²) < 4.78 is 1.87. The van der Waals surface area contributed by atoms with Gasteiger partial charge in [0.15, 0.2) is 0 Å². The van der Waals surface area contributed by atoms with E-state index in [1.165, 1.54) is 18.4 Å². The number of nitrogens with zero attached hydrogens (tertiary/aromatic N) is 3. The van der Waals surface area contributed by atoms with Crippen molar-refractivity contribution in [1.29, 1.82) is 0 Å². The Balaban J connectivity index is 2.47. The zero-order valence-corrected chi connectivity index (χ0v) is 13.2. The molecule has 0 saturated heterocycles. The van der Waals surface area contributed by atoms with Crippen LogP contribution >= 0.6 is 0 Å². The van der Waals surface area contributed by atoms with E-state index in [0.717, 1.165) is 19.6 Å². The van der Waals surface area contributed by atoms with E-state index < -0.39 is 0 Å². The van der Waals surface area contributed by atoms with E-state index in [9.17, 15) is 0 Å². The van der Waals surface area contributed by atoms with Crippen LogP contribution in [0, 0.1) is 5.92 Å². The summed E-state index contributed by atoms with van der Waals surface area (Å²) >= 11 is 0. The Labute approximate surface area is 118 Å². The van der Waals surface area contributed by atoms with Gasteiger partial charge in [0.05, 0.1) is 6.20 Å². The number of hydrogen-bond donors (Lipinski definition) is 1. The minimum atomic E-state index is 0.576. The van der Waals surface area contributed by atoms with Gasteiger partial charge in [-0.25, -0.2) is 0 Å². The normalized spacial score (nSPS) is 14.8. The predicted octanol–water partition coefficient (Wildman–Crippen LogP) is 2.27. The van der Waals surface area contributed by atoms with E-state index in [-0.39, 0.29) is 0 Å². The molecule has 110 valence electrons. The predicted molar refractivity (Wildman–Crippen MR) is 81.1 cm³/mol. The average molecular weight is 266 g/mol. The van der Waals surface area contributed by atoms with Gasteiger partial charge in [-0.2, -0.15) is 5.10 Å². The minimum absolute atomic E-state index is 0.576. The van der Waals surface area contributed by atoms with Crippen LogP contribution in [-0.2, 0) is 13.6 Å². The SMILES string of the molecule is CCCNC(CN(C)Cc1cnn(C)c1)C(C)CC. The summed E-state index contributed by atoms with van der Waals surface area (Å²) in [5.41, 5.74) is 1.28. The van der Waals surface area contributed by atoms with Crippen molar-refractivity contribution >= 4 is 0 Å². The Morgan fingerprint density at radius 1 is 1.42 bits per heavy atom. The maximum absolute atomic E-state index is 4.22. The first-order valence-electron chi connectivity index (χ1n) is 7.46. The van der Waals surface area contributed by atoms with Gasteiger partial charge < -0.3 is 10.2 Å². The highest BCUT2D eigenvalue weighted by molar-refractivity contribution is 5.03. The lowest BCUT2D eigenvalue weighted by Crippen LogP contribution is -2.43. The second-order valence-corrected chi connectivity index (χ2v) is 5.67. The van der Waals surface area contributed by atoms with Gasteiger partial charge in [-0.05, 0) is 25.9 Å². The number of likely N-dealkylation sites (N-methyl/N-ethyl adjacent to an activating group) is 1. The Hall–Kier alpha value is -0.870. The van der Waals surface area contributed by atoms with E-state index in [0.29, 0.717) is 12.0 Å². The second kappa shape index (κ2) is 8.33. The quantitative estimate of drug-likeness (QED) is 0.744. The summed E-state index contributed by atoms with van der Waals surface area (Å²) in [5, 5.41) is 7.90. The smallest absolute Gasteiger partial charge is 0.0534 e. The maximum atomic E-state index is 4.22. The average Bonchev–Trinajstić information content (AvgIpc) is 2.78. The first kappa shape index (κ1) is 16.2. The minimum Gasteiger partial charge on any atom is -0.312 e. The molecule has 0 aliphatic heterocycles. The van der Waals surface area contributed by atoms with Gasteiger partial charge in [0.1, 0.15) is 0 Å². The van der Waals surface area contributed by atoms with E-state index in [2.05, 4.69) is 49.3 Å². The lowest BCUT2D eigenvalue weighted by molar-refractivity contribution is 0.238. The van der Waals surface area contributed by atoms with Crippen molar-refractivity contribution in [2.24, 2.45) is 13.0 Å². The molecule has 2 unspecified atom stereocenters. The third-order valence-electron chi connectivity index (χ3n) is 3.71. The zero-order chi connectivity index (χ0) is 14.3. The molecule has 0 spiro atoms. The fourth-order valence-corrected chi connectivity index (χ4v) is 2.33. The highest BCUT2D eigenvalue weighted by atomic mass is 15.2. The number of aryl methyl sites for hydroxylation is 1. The molecule has 1 N–H and O–H groups in total. The van der Waals surface area contributed by atoms with Crippen LogP contribution in [0.3, 0.4) is 0 Å². The summed E-state index contributed by atoms with van der Waals surface area (Å²) in [5.74, 6) is 0.711. The number of rotatable bonds is 9. The number of nitrogens with one attached hydrogen (secondary N) is 1. The molecule has 1 aromatic heterocycles. The van der Waals surface area contributed by atoms with Gasteiger partial charge in [0.25, 0.3) is 0 Å². The van der Waals surface area contributed by atoms with Crippen molar-refractivity contribution in [3.63, 3.8) is 0 Å². The lowest BCUT2D eigenvalue weighted by Gasteiger charge is -2.29. The van der Waals surface area contributed by atoms with Crippen molar-refractivity contribution in [3.05, 3.63) is 18.0 Å². The molecule has 0 aliphatic rings. The van der Waals surface area contributed by atoms with Crippen LogP contribution in [0.5, 0.6) is 0 Å². The molecule has 0 fully saturated rings. The van der Waals surface area contributed by atoms with E-state index in [1.54, 1.807) is 0 Å². The fourth-order valence-electron chi connectivity index (χ4n) is 2.33. The van der Waals surface area contributed by atoms with Crippen LogP contribution in [0.1, 0.15) is 39.2 Å². The number of hydrogen-bond acceptors (Lipinski definition) is 3. The molecule has 0 aliphatic carbocycles. The van der Waals surface area contributed by atoms with Crippen molar-refractivity contribution in [1.82, 2.24) is 20.0 Å². The molecule has 1 aromatic rings. The third-order valence-corrected chi connectivity index (χ3v) is 3.71. The number of aromatic nitrogens is 2. The third kappa shape index (κ3) is 5.74. The first-order chi connectivity index (χ1) is 9.06. The van der Waals surface area contributed by atoms with Crippen LogP contribution in [0.15, 0.2) is 12.4 Å². The summed E-state index contributed by atoms with van der Waals surface area (Å²) in [6.45, 7) is 9.99. The first-order valence-corrected chi connectivity index (χ1v) is 7.46. The fraction of sp³-hybridized carbons (Fsp3) is 0.800. The topological polar surface area (TPSA) is 33.1 Å². The monoisotopic (exact) mass is 266 g/mol. The van der Waals surface area contributed by atoms with Gasteiger partial charge in [-0.1, -0.05) is 27.2 Å². The summed E-state index contributed by atoms with van der Waals surface area (Å²) in [7, 11) is 4.16. The Morgan fingerprint density at radius 3 is 2.68 bits per heavy atom. The molecular weight excluding hydrogens is 236 g/mol. The summed E-state index contributed by atoms with van der Waals surface area (Å²) in [6.07, 6.45) is 6.46. The molecule has 1 rings (SSSR count). The Kier molecular flexibility index (Phi) is 7.10. The molecule has 4 nitrogen and oxygen atoms in total. The van der Waals surface area contributed by atoms with Gasteiger partial charge in [-0.15, -0.1) is 0 Å². The van der Waals surface area contributed by atoms with Crippen molar-refractivity contribution < 1.29 is 0 Å². The highest BCUT2D eigenvalue weighted by Crippen LogP contribution is 2.10. The second-order valence-electron chi connectivity index (χ2n) is 5.67. The molecule has 2 atom stereocenters. The molecule has 19 heavy (non-hydrogen) atoms. The van der Waals surface area contributed by atoms with Crippen molar-refractivity contribution in [2.75, 3.05) is 20.1 Å². The highest BCUT2D eigenvalue weighted by Gasteiger charge is 2.17. The van der Waals surface area contributed by atoms with Crippen LogP contribution in [0.2, 0.25) is 0 Å². The van der Waals surface area contributed by atoms with E-state index in [4.69, 9.17) is 0 Å². The Bertz CT molecular complexity index is 348. The van der Waals surface area contributed by atoms with Gasteiger partial charge in [-0.3, -0.25) is 4.68 Å². The molecular formula is C15H30N4. The molecule has 0 amide bonds. The lowest BCUT2D eigenvalue weighted by atomic mass is 9.98. The van der Waals surface area contributed by atoms with Crippen molar-refractivity contribution in [2.45, 2.75) is 46.2 Å². The molecule has 0 bridgehead atoms.